The number of carbonyl (C=O) groups is 2. The average Bonchev–Trinajstić information content (AvgIpc) is 2.57. The number of amides is 2. The third kappa shape index (κ3) is 5.53. The largest absolute Gasteiger partial charge is 0.494 e. The number of nitrogens with zero attached hydrogens (tertiary/aromatic N) is 1. The van der Waals surface area contributed by atoms with Crippen LogP contribution in [0.25, 0.3) is 0 Å². The van der Waals surface area contributed by atoms with Gasteiger partial charge in [-0.3, -0.25) is 9.59 Å². The Morgan fingerprint density at radius 2 is 1.83 bits per heavy atom. The molecule has 0 spiro atoms. The van der Waals surface area contributed by atoms with Gasteiger partial charge in [0.05, 0.1) is 13.2 Å². The number of hydrogen-bond donors (Lipinski definition) is 2. The van der Waals surface area contributed by atoms with E-state index in [0.29, 0.717) is 24.5 Å². The van der Waals surface area contributed by atoms with Crippen molar-refractivity contribution in [1.29, 1.82) is 0 Å². The van der Waals surface area contributed by atoms with Crippen LogP contribution in [0.3, 0.4) is 0 Å². The van der Waals surface area contributed by atoms with E-state index < -0.39 is 6.04 Å². The van der Waals surface area contributed by atoms with Gasteiger partial charge in [-0.1, -0.05) is 13.8 Å². The molecule has 0 aromatic heterocycles. The van der Waals surface area contributed by atoms with Gasteiger partial charge in [0, 0.05) is 18.7 Å². The lowest BCUT2D eigenvalue weighted by Crippen LogP contribution is -2.51. The van der Waals surface area contributed by atoms with Crippen LogP contribution >= 0.6 is 0 Å². The SMILES string of the molecule is CCOc1ccc(C(=O)NC(C(=O)N(CC)CCO)C(C)C)cc1. The molecule has 0 fully saturated rings. The van der Waals surface area contributed by atoms with Crippen molar-refractivity contribution in [3.8, 4) is 5.75 Å². The number of hydrogen-bond acceptors (Lipinski definition) is 4. The van der Waals surface area contributed by atoms with Crippen molar-refractivity contribution < 1.29 is 19.4 Å². The molecule has 6 heteroatoms. The van der Waals surface area contributed by atoms with Gasteiger partial charge in [-0.25, -0.2) is 0 Å². The predicted octanol–water partition coefficient (Wildman–Crippen LogP) is 1.68. The van der Waals surface area contributed by atoms with E-state index in [-0.39, 0.29) is 30.9 Å². The van der Waals surface area contributed by atoms with Crippen LogP contribution in [0.15, 0.2) is 24.3 Å². The Bertz CT molecular complexity index is 528. The van der Waals surface area contributed by atoms with Crippen molar-refractivity contribution >= 4 is 11.8 Å². The molecule has 1 atom stereocenters. The normalized spacial score (nSPS) is 11.9. The molecule has 0 heterocycles. The first-order valence-corrected chi connectivity index (χ1v) is 8.37. The molecule has 0 aliphatic carbocycles. The summed E-state index contributed by atoms with van der Waals surface area (Å²) in [5.41, 5.74) is 0.474. The molecule has 0 aliphatic heterocycles. The highest BCUT2D eigenvalue weighted by atomic mass is 16.5. The molecule has 1 aromatic rings. The van der Waals surface area contributed by atoms with Crippen LogP contribution in [0, 0.1) is 5.92 Å². The van der Waals surface area contributed by atoms with E-state index in [2.05, 4.69) is 5.32 Å². The van der Waals surface area contributed by atoms with Crippen LogP contribution in [-0.4, -0.2) is 54.2 Å². The van der Waals surface area contributed by atoms with Gasteiger partial charge in [-0.15, -0.1) is 0 Å². The highest BCUT2D eigenvalue weighted by molar-refractivity contribution is 5.97. The molecule has 0 aliphatic rings. The highest BCUT2D eigenvalue weighted by Crippen LogP contribution is 2.13. The van der Waals surface area contributed by atoms with Gasteiger partial charge >= 0.3 is 0 Å². The Hall–Kier alpha value is -2.08. The summed E-state index contributed by atoms with van der Waals surface area (Å²) in [5, 5.41) is 11.9. The lowest BCUT2D eigenvalue weighted by Gasteiger charge is -2.28. The smallest absolute Gasteiger partial charge is 0.251 e. The van der Waals surface area contributed by atoms with Crippen molar-refractivity contribution in [2.75, 3.05) is 26.3 Å². The maximum absolute atomic E-state index is 12.6. The van der Waals surface area contributed by atoms with Gasteiger partial charge < -0.3 is 20.1 Å². The molecule has 2 N–H and O–H groups in total. The highest BCUT2D eigenvalue weighted by Gasteiger charge is 2.28. The summed E-state index contributed by atoms with van der Waals surface area (Å²) in [6.07, 6.45) is 0. The summed E-state index contributed by atoms with van der Waals surface area (Å²) < 4.78 is 5.35. The Labute approximate surface area is 143 Å². The number of likely N-dealkylation sites (N-methyl/N-ethyl adjacent to an activating group) is 1. The first kappa shape index (κ1) is 20.0. The monoisotopic (exact) mass is 336 g/mol. The molecule has 24 heavy (non-hydrogen) atoms. The van der Waals surface area contributed by atoms with Crippen LogP contribution in [0.1, 0.15) is 38.1 Å². The van der Waals surface area contributed by atoms with Crippen LogP contribution in [0.2, 0.25) is 0 Å². The molecule has 0 bridgehead atoms. The van der Waals surface area contributed by atoms with Gasteiger partial charge in [0.2, 0.25) is 5.91 Å². The third-order valence-corrected chi connectivity index (χ3v) is 3.71. The van der Waals surface area contributed by atoms with Crippen LogP contribution in [0.4, 0.5) is 0 Å². The summed E-state index contributed by atoms with van der Waals surface area (Å²) in [6.45, 7) is 8.72. The maximum Gasteiger partial charge on any atom is 0.251 e. The number of aliphatic hydroxyl groups is 1. The number of aliphatic hydroxyl groups excluding tert-OH is 1. The summed E-state index contributed by atoms with van der Waals surface area (Å²) in [6, 6.07) is 6.18. The van der Waals surface area contributed by atoms with Gasteiger partial charge in [-0.05, 0) is 44.0 Å². The molecule has 1 unspecified atom stereocenters. The first-order valence-electron chi connectivity index (χ1n) is 8.37. The molecule has 134 valence electrons. The van der Waals surface area contributed by atoms with E-state index in [4.69, 9.17) is 9.84 Å². The molecular weight excluding hydrogens is 308 g/mol. The minimum absolute atomic E-state index is 0.0584. The standard InChI is InChI=1S/C18H28N2O4/c1-5-20(11-12-21)18(23)16(13(3)4)19-17(22)14-7-9-15(10-8-14)24-6-2/h7-10,13,16,21H,5-6,11-12H2,1-4H3,(H,19,22). The zero-order valence-electron chi connectivity index (χ0n) is 14.9. The average molecular weight is 336 g/mol. The zero-order valence-corrected chi connectivity index (χ0v) is 14.9. The molecule has 2 amide bonds. The van der Waals surface area contributed by atoms with Gasteiger partial charge in [-0.2, -0.15) is 0 Å². The molecule has 0 saturated heterocycles. The Morgan fingerprint density at radius 3 is 2.29 bits per heavy atom. The Kier molecular flexibility index (Phi) is 8.26. The maximum atomic E-state index is 12.6. The Balaban J connectivity index is 2.83. The lowest BCUT2D eigenvalue weighted by atomic mass is 10.0. The van der Waals surface area contributed by atoms with E-state index in [1.807, 2.05) is 27.7 Å². The summed E-state index contributed by atoms with van der Waals surface area (Å²) in [5.74, 6) is 0.161. The molecule has 6 nitrogen and oxygen atoms in total. The molecule has 1 rings (SSSR count). The van der Waals surface area contributed by atoms with Crippen LogP contribution in [0.5, 0.6) is 5.75 Å². The molecule has 0 radical (unpaired) electrons. The predicted molar refractivity (Wildman–Crippen MR) is 93.0 cm³/mol. The minimum atomic E-state index is -0.629. The van der Waals surface area contributed by atoms with Crippen molar-refractivity contribution in [3.05, 3.63) is 29.8 Å². The molecule has 0 saturated carbocycles. The number of benzene rings is 1. The summed E-state index contributed by atoms with van der Waals surface area (Å²) in [7, 11) is 0. The van der Waals surface area contributed by atoms with Crippen molar-refractivity contribution in [3.63, 3.8) is 0 Å². The first-order chi connectivity index (χ1) is 11.4. The van der Waals surface area contributed by atoms with Crippen molar-refractivity contribution in [2.45, 2.75) is 33.7 Å². The summed E-state index contributed by atoms with van der Waals surface area (Å²) in [4.78, 5) is 26.6. The van der Waals surface area contributed by atoms with E-state index >= 15 is 0 Å². The number of nitrogens with one attached hydrogen (secondary N) is 1. The molecule has 1 aromatic carbocycles. The molecular formula is C18H28N2O4. The fraction of sp³-hybridized carbons (Fsp3) is 0.556. The van der Waals surface area contributed by atoms with Crippen LogP contribution < -0.4 is 10.1 Å². The quantitative estimate of drug-likeness (QED) is 0.719. The van der Waals surface area contributed by atoms with E-state index in [0.717, 1.165) is 0 Å². The number of ether oxygens (including phenoxy) is 1. The summed E-state index contributed by atoms with van der Waals surface area (Å²) >= 11 is 0. The second-order valence-corrected chi connectivity index (χ2v) is 5.79. The minimum Gasteiger partial charge on any atom is -0.494 e. The second-order valence-electron chi connectivity index (χ2n) is 5.79. The van der Waals surface area contributed by atoms with E-state index in [1.165, 1.54) is 0 Å². The van der Waals surface area contributed by atoms with E-state index in [1.54, 1.807) is 29.2 Å². The lowest BCUT2D eigenvalue weighted by molar-refractivity contribution is -0.134. The Morgan fingerprint density at radius 1 is 1.21 bits per heavy atom. The topological polar surface area (TPSA) is 78.9 Å². The fourth-order valence-electron chi connectivity index (χ4n) is 2.35. The third-order valence-electron chi connectivity index (χ3n) is 3.71. The van der Waals surface area contributed by atoms with Crippen molar-refractivity contribution in [1.82, 2.24) is 10.2 Å². The number of rotatable bonds is 9. The number of carbonyl (C=O) groups excluding carboxylic acids is 2. The zero-order chi connectivity index (χ0) is 18.1. The van der Waals surface area contributed by atoms with Crippen molar-refractivity contribution in [2.24, 2.45) is 5.92 Å². The second kappa shape index (κ2) is 9.93. The van der Waals surface area contributed by atoms with Gasteiger partial charge in [0.1, 0.15) is 11.8 Å². The van der Waals surface area contributed by atoms with Gasteiger partial charge in [0.15, 0.2) is 0 Å². The fourth-order valence-corrected chi connectivity index (χ4v) is 2.35. The van der Waals surface area contributed by atoms with E-state index in [9.17, 15) is 9.59 Å². The van der Waals surface area contributed by atoms with Crippen LogP contribution in [-0.2, 0) is 4.79 Å². The van der Waals surface area contributed by atoms with Gasteiger partial charge in [0.25, 0.3) is 5.91 Å².